The fraction of sp³-hybridized carbons (Fsp3) is 0.571. The van der Waals surface area contributed by atoms with Crippen molar-refractivity contribution >= 4 is 32.5 Å². The Morgan fingerprint density at radius 1 is 1.12 bits per heavy atom. The predicted molar refractivity (Wildman–Crippen MR) is 96.7 cm³/mol. The van der Waals surface area contributed by atoms with Crippen LogP contribution in [0.2, 0.25) is 0 Å². The van der Waals surface area contributed by atoms with Crippen LogP contribution in [-0.4, -0.2) is 60.0 Å². The molecule has 1 atom stereocenters. The van der Waals surface area contributed by atoms with E-state index in [9.17, 15) is 16.8 Å². The maximum atomic E-state index is 12.5. The van der Waals surface area contributed by atoms with E-state index in [0.29, 0.717) is 32.7 Å². The van der Waals surface area contributed by atoms with Crippen molar-refractivity contribution in [2.45, 2.75) is 29.2 Å². The lowest BCUT2D eigenvalue weighted by atomic mass is 10.3. The molecule has 0 bridgehead atoms. The SMILES string of the molecule is CC(N)CCNS(=O)(=O)c1ccc(S(=O)(=O)N2CCOCC2)cc1.Cl. The molecule has 0 amide bonds. The van der Waals surface area contributed by atoms with E-state index in [0.717, 1.165) is 0 Å². The molecule has 0 radical (unpaired) electrons. The minimum Gasteiger partial charge on any atom is -0.379 e. The van der Waals surface area contributed by atoms with E-state index < -0.39 is 20.0 Å². The molecule has 1 aliphatic heterocycles. The maximum Gasteiger partial charge on any atom is 0.243 e. The first-order valence-corrected chi connectivity index (χ1v) is 10.6. The zero-order chi connectivity index (χ0) is 17.8. The van der Waals surface area contributed by atoms with Gasteiger partial charge in [-0.05, 0) is 37.6 Å². The molecule has 0 aromatic heterocycles. The fourth-order valence-corrected chi connectivity index (χ4v) is 4.69. The van der Waals surface area contributed by atoms with Crippen molar-refractivity contribution in [1.29, 1.82) is 0 Å². The van der Waals surface area contributed by atoms with E-state index in [-0.39, 0.29) is 34.8 Å². The van der Waals surface area contributed by atoms with E-state index in [1.54, 1.807) is 6.92 Å². The molecule has 1 fully saturated rings. The van der Waals surface area contributed by atoms with Crippen LogP contribution in [0, 0.1) is 0 Å². The molecule has 3 N–H and O–H groups in total. The first kappa shape index (κ1) is 22.3. The Morgan fingerprint density at radius 2 is 1.64 bits per heavy atom. The molecule has 1 aromatic carbocycles. The monoisotopic (exact) mass is 413 g/mol. The molecule has 0 saturated carbocycles. The number of ether oxygens (including phenoxy) is 1. The third-order valence-electron chi connectivity index (χ3n) is 3.63. The van der Waals surface area contributed by atoms with Gasteiger partial charge in [0, 0.05) is 25.7 Å². The van der Waals surface area contributed by atoms with Crippen molar-refractivity contribution in [3.05, 3.63) is 24.3 Å². The molecule has 1 heterocycles. The van der Waals surface area contributed by atoms with E-state index >= 15 is 0 Å². The van der Waals surface area contributed by atoms with Crippen molar-refractivity contribution in [1.82, 2.24) is 9.03 Å². The summed E-state index contributed by atoms with van der Waals surface area (Å²) in [5.41, 5.74) is 5.58. The van der Waals surface area contributed by atoms with Gasteiger partial charge in [-0.25, -0.2) is 21.6 Å². The first-order valence-electron chi connectivity index (χ1n) is 7.67. The summed E-state index contributed by atoms with van der Waals surface area (Å²) < 4.78 is 58.2. The van der Waals surface area contributed by atoms with Gasteiger partial charge in [0.1, 0.15) is 0 Å². The van der Waals surface area contributed by atoms with Gasteiger partial charge in [-0.3, -0.25) is 0 Å². The fourth-order valence-electron chi connectivity index (χ4n) is 2.23. The van der Waals surface area contributed by atoms with Crippen LogP contribution in [0.5, 0.6) is 0 Å². The Morgan fingerprint density at radius 3 is 2.16 bits per heavy atom. The first-order chi connectivity index (χ1) is 11.2. The molecule has 1 aromatic rings. The number of nitrogens with one attached hydrogen (secondary N) is 1. The minimum atomic E-state index is -3.68. The highest BCUT2D eigenvalue weighted by Gasteiger charge is 2.26. The van der Waals surface area contributed by atoms with Crippen molar-refractivity contribution in [3.63, 3.8) is 0 Å². The van der Waals surface area contributed by atoms with Gasteiger partial charge in [0.05, 0.1) is 23.0 Å². The summed E-state index contributed by atoms with van der Waals surface area (Å²) in [6.45, 7) is 3.32. The molecule has 0 aliphatic carbocycles. The van der Waals surface area contributed by atoms with Crippen LogP contribution in [-0.2, 0) is 24.8 Å². The van der Waals surface area contributed by atoms with Crippen LogP contribution in [0.1, 0.15) is 13.3 Å². The van der Waals surface area contributed by atoms with Gasteiger partial charge in [0.15, 0.2) is 0 Å². The number of hydrogen-bond donors (Lipinski definition) is 2. The summed E-state index contributed by atoms with van der Waals surface area (Å²) in [6.07, 6.45) is 0.517. The highest BCUT2D eigenvalue weighted by atomic mass is 35.5. The second kappa shape index (κ2) is 9.26. The smallest absolute Gasteiger partial charge is 0.243 e. The Kier molecular flexibility index (Phi) is 8.26. The standard InChI is InChI=1S/C14H23N3O5S2.ClH/c1-12(15)6-7-16-23(18,19)13-2-4-14(5-3-13)24(20,21)17-8-10-22-11-9-17;/h2-5,12,16H,6-11,15H2,1H3;1H. The topological polar surface area (TPSA) is 119 Å². The van der Waals surface area contributed by atoms with Crippen LogP contribution in [0.3, 0.4) is 0 Å². The molecule has 8 nitrogen and oxygen atoms in total. The van der Waals surface area contributed by atoms with Crippen LogP contribution in [0.4, 0.5) is 0 Å². The van der Waals surface area contributed by atoms with E-state index in [4.69, 9.17) is 10.5 Å². The van der Waals surface area contributed by atoms with Gasteiger partial charge in [0.25, 0.3) is 0 Å². The predicted octanol–water partition coefficient (Wildman–Crippen LogP) is 0.145. The van der Waals surface area contributed by atoms with Gasteiger partial charge in [-0.2, -0.15) is 4.31 Å². The van der Waals surface area contributed by atoms with Crippen LogP contribution in [0.15, 0.2) is 34.1 Å². The molecular formula is C14H24ClN3O5S2. The number of morpholine rings is 1. The summed E-state index contributed by atoms with van der Waals surface area (Å²) in [7, 11) is -7.31. The number of halogens is 1. The van der Waals surface area contributed by atoms with E-state index in [1.807, 2.05) is 0 Å². The molecule has 2 rings (SSSR count). The number of nitrogens with two attached hydrogens (primary N) is 1. The molecule has 1 saturated heterocycles. The van der Waals surface area contributed by atoms with Crippen LogP contribution in [0.25, 0.3) is 0 Å². The number of rotatable bonds is 7. The second-order valence-electron chi connectivity index (χ2n) is 5.65. The zero-order valence-electron chi connectivity index (χ0n) is 13.9. The average molecular weight is 414 g/mol. The quantitative estimate of drug-likeness (QED) is 0.656. The summed E-state index contributed by atoms with van der Waals surface area (Å²) in [6, 6.07) is 5.10. The van der Waals surface area contributed by atoms with Gasteiger partial charge < -0.3 is 10.5 Å². The number of sulfonamides is 2. The normalized spacial score (nSPS) is 17.7. The number of hydrogen-bond acceptors (Lipinski definition) is 6. The van der Waals surface area contributed by atoms with Gasteiger partial charge in [0.2, 0.25) is 20.0 Å². The minimum absolute atomic E-state index is 0. The van der Waals surface area contributed by atoms with Crippen molar-refractivity contribution in [3.8, 4) is 0 Å². The number of benzene rings is 1. The van der Waals surface area contributed by atoms with Crippen molar-refractivity contribution in [2.24, 2.45) is 5.73 Å². The van der Waals surface area contributed by atoms with Crippen LogP contribution < -0.4 is 10.5 Å². The molecule has 144 valence electrons. The van der Waals surface area contributed by atoms with E-state index in [1.165, 1.54) is 28.6 Å². The highest BCUT2D eigenvalue weighted by molar-refractivity contribution is 7.89. The highest BCUT2D eigenvalue weighted by Crippen LogP contribution is 2.19. The summed E-state index contributed by atoms with van der Waals surface area (Å²) in [5, 5.41) is 0. The Bertz CT molecular complexity index is 745. The van der Waals surface area contributed by atoms with Gasteiger partial charge in [-0.1, -0.05) is 0 Å². The second-order valence-corrected chi connectivity index (χ2v) is 9.36. The maximum absolute atomic E-state index is 12.5. The van der Waals surface area contributed by atoms with Crippen molar-refractivity contribution in [2.75, 3.05) is 32.8 Å². The molecule has 1 aliphatic rings. The third kappa shape index (κ3) is 5.88. The summed E-state index contributed by atoms with van der Waals surface area (Å²) in [4.78, 5) is 0.0898. The third-order valence-corrected chi connectivity index (χ3v) is 7.02. The Balaban J connectivity index is 0.00000312. The Hall–Kier alpha value is -0.750. The lowest BCUT2D eigenvalue weighted by molar-refractivity contribution is 0.0730. The lowest BCUT2D eigenvalue weighted by Crippen LogP contribution is -2.40. The average Bonchev–Trinajstić information content (AvgIpc) is 2.55. The summed E-state index contributed by atoms with van der Waals surface area (Å²) >= 11 is 0. The molecule has 25 heavy (non-hydrogen) atoms. The molecule has 1 unspecified atom stereocenters. The van der Waals surface area contributed by atoms with Crippen molar-refractivity contribution < 1.29 is 21.6 Å². The largest absolute Gasteiger partial charge is 0.379 e. The summed E-state index contributed by atoms with van der Waals surface area (Å²) in [5.74, 6) is 0. The van der Waals surface area contributed by atoms with Crippen LogP contribution >= 0.6 is 12.4 Å². The molecule has 0 spiro atoms. The van der Waals surface area contributed by atoms with E-state index in [2.05, 4.69) is 4.72 Å². The Labute approximate surface area is 155 Å². The lowest BCUT2D eigenvalue weighted by Gasteiger charge is -2.26. The molecular weight excluding hydrogens is 390 g/mol. The number of nitrogens with zero attached hydrogens (tertiary/aromatic N) is 1. The molecule has 11 heteroatoms. The zero-order valence-corrected chi connectivity index (χ0v) is 16.4. The van der Waals surface area contributed by atoms with Gasteiger partial charge >= 0.3 is 0 Å². The van der Waals surface area contributed by atoms with Gasteiger partial charge in [-0.15, -0.1) is 12.4 Å².